The van der Waals surface area contributed by atoms with Gasteiger partial charge in [0.15, 0.2) is 0 Å². The molecule has 2 heterocycles. The Morgan fingerprint density at radius 3 is 2.75 bits per heavy atom. The van der Waals surface area contributed by atoms with Crippen LogP contribution in [0.1, 0.15) is 40.5 Å². The highest BCUT2D eigenvalue weighted by Crippen LogP contribution is 2.41. The third kappa shape index (κ3) is 3.58. The molecule has 0 saturated heterocycles. The van der Waals surface area contributed by atoms with E-state index in [9.17, 15) is 4.79 Å². The van der Waals surface area contributed by atoms with Gasteiger partial charge in [0.1, 0.15) is 0 Å². The molecule has 0 bridgehead atoms. The van der Waals surface area contributed by atoms with Crippen molar-refractivity contribution in [2.45, 2.75) is 30.1 Å². The van der Waals surface area contributed by atoms with E-state index < -0.39 is 0 Å². The van der Waals surface area contributed by atoms with Gasteiger partial charge in [0, 0.05) is 33.7 Å². The maximum absolute atomic E-state index is 12.4. The Hall–Kier alpha value is -2.92. The Balaban J connectivity index is 1.87. The lowest BCUT2D eigenvalue weighted by Crippen LogP contribution is -2.23. The maximum atomic E-state index is 12.4. The van der Waals surface area contributed by atoms with Crippen LogP contribution in [-0.4, -0.2) is 23.1 Å². The van der Waals surface area contributed by atoms with Crippen molar-refractivity contribution in [1.82, 2.24) is 10.3 Å². The highest BCUT2D eigenvalue weighted by atomic mass is 32.2. The third-order valence-electron chi connectivity index (χ3n) is 4.58. The van der Waals surface area contributed by atoms with Crippen molar-refractivity contribution in [2.75, 3.05) is 6.54 Å². The summed E-state index contributed by atoms with van der Waals surface area (Å²) in [7, 11) is 0. The van der Waals surface area contributed by atoms with Crippen LogP contribution in [0.3, 0.4) is 0 Å². The summed E-state index contributed by atoms with van der Waals surface area (Å²) in [6.07, 6.45) is 2.70. The molecule has 1 N–H and O–H groups in total. The summed E-state index contributed by atoms with van der Waals surface area (Å²) >= 11 is 1.67. The number of nitrogens with zero attached hydrogens (tertiary/aromatic N) is 2. The fourth-order valence-electron chi connectivity index (χ4n) is 3.14. The van der Waals surface area contributed by atoms with E-state index in [-0.39, 0.29) is 5.91 Å². The Kier molecular flexibility index (Phi) is 5.26. The lowest BCUT2D eigenvalue weighted by molar-refractivity contribution is 0.0953. The number of hydrogen-bond acceptors (Lipinski definition) is 4. The first-order valence-electron chi connectivity index (χ1n) is 9.37. The van der Waals surface area contributed by atoms with E-state index in [4.69, 9.17) is 4.99 Å². The van der Waals surface area contributed by atoms with Crippen LogP contribution in [-0.2, 0) is 0 Å². The summed E-state index contributed by atoms with van der Waals surface area (Å²) in [5.74, 6) is -0.0674. The molecule has 0 saturated carbocycles. The van der Waals surface area contributed by atoms with Gasteiger partial charge >= 0.3 is 0 Å². The Morgan fingerprint density at radius 2 is 1.93 bits per heavy atom. The molecule has 0 fully saturated rings. The number of rotatable bonds is 4. The van der Waals surface area contributed by atoms with Crippen molar-refractivity contribution < 1.29 is 4.79 Å². The molecule has 1 amide bonds. The second kappa shape index (κ2) is 7.98. The van der Waals surface area contributed by atoms with Crippen molar-refractivity contribution >= 4 is 29.1 Å². The number of aliphatic imine (C=N–C) groups is 1. The Labute approximate surface area is 169 Å². The topological polar surface area (TPSA) is 54.4 Å². The first-order chi connectivity index (χ1) is 13.7. The fraction of sp³-hybridized carbons (Fsp3) is 0.174. The number of amides is 1. The van der Waals surface area contributed by atoms with Gasteiger partial charge in [0.25, 0.3) is 5.91 Å². The highest BCUT2D eigenvalue weighted by Gasteiger charge is 2.21. The van der Waals surface area contributed by atoms with E-state index in [1.54, 1.807) is 18.0 Å². The molecule has 140 valence electrons. The van der Waals surface area contributed by atoms with Crippen LogP contribution in [0.15, 0.2) is 75.6 Å². The number of carbonyl (C=O) groups excluding carboxylic acids is 1. The monoisotopic (exact) mass is 387 g/mol. The molecule has 0 unspecified atom stereocenters. The van der Waals surface area contributed by atoms with Gasteiger partial charge in [0.05, 0.1) is 17.1 Å². The largest absolute Gasteiger partial charge is 0.352 e. The average Bonchev–Trinajstić information content (AvgIpc) is 2.88. The molecule has 4 nitrogen and oxygen atoms in total. The van der Waals surface area contributed by atoms with Gasteiger partial charge in [0.2, 0.25) is 0 Å². The van der Waals surface area contributed by atoms with Gasteiger partial charge in [-0.25, -0.2) is 4.99 Å². The van der Waals surface area contributed by atoms with Gasteiger partial charge in [-0.15, -0.1) is 0 Å². The van der Waals surface area contributed by atoms with E-state index >= 15 is 0 Å². The van der Waals surface area contributed by atoms with Gasteiger partial charge in [-0.2, -0.15) is 0 Å². The average molecular weight is 388 g/mol. The molecule has 5 heteroatoms. The number of hydrogen-bond donors (Lipinski definition) is 1. The summed E-state index contributed by atoms with van der Waals surface area (Å²) in [5.41, 5.74) is 5.25. The summed E-state index contributed by atoms with van der Waals surface area (Å²) in [4.78, 5) is 24.2. The van der Waals surface area contributed by atoms with E-state index in [1.165, 1.54) is 0 Å². The van der Waals surface area contributed by atoms with Crippen LogP contribution < -0.4 is 5.32 Å². The van der Waals surface area contributed by atoms with Crippen LogP contribution >= 0.6 is 11.8 Å². The number of fused-ring (bicyclic) bond motifs is 2. The fourth-order valence-corrected chi connectivity index (χ4v) is 4.14. The molecule has 1 aliphatic heterocycles. The molecular formula is C23H21N3OS. The lowest BCUT2D eigenvalue weighted by Gasteiger charge is -2.10. The van der Waals surface area contributed by atoms with Gasteiger partial charge in [-0.3, -0.25) is 9.78 Å². The zero-order valence-electron chi connectivity index (χ0n) is 15.9. The zero-order valence-corrected chi connectivity index (χ0v) is 16.7. The smallest absolute Gasteiger partial charge is 0.251 e. The van der Waals surface area contributed by atoms with Crippen LogP contribution in [0.5, 0.6) is 0 Å². The minimum absolute atomic E-state index is 0.0674. The molecule has 4 rings (SSSR count). The molecule has 1 aromatic heterocycles. The van der Waals surface area contributed by atoms with Crippen LogP contribution in [0.2, 0.25) is 0 Å². The molecule has 0 atom stereocenters. The lowest BCUT2D eigenvalue weighted by atomic mass is 10.0. The normalized spacial score (nSPS) is 12.4. The van der Waals surface area contributed by atoms with Crippen LogP contribution in [0.25, 0.3) is 0 Å². The quantitative estimate of drug-likeness (QED) is 0.526. The summed E-state index contributed by atoms with van der Waals surface area (Å²) in [6.45, 7) is 4.75. The minimum Gasteiger partial charge on any atom is -0.352 e. The number of nitrogens with one attached hydrogen (secondary N) is 1. The van der Waals surface area contributed by atoms with Crippen molar-refractivity contribution in [3.8, 4) is 0 Å². The van der Waals surface area contributed by atoms with Crippen molar-refractivity contribution in [1.29, 1.82) is 0 Å². The highest BCUT2D eigenvalue weighted by molar-refractivity contribution is 7.99. The van der Waals surface area contributed by atoms with Crippen LogP contribution in [0, 0.1) is 6.92 Å². The molecule has 0 radical (unpaired) electrons. The predicted molar refractivity (Wildman–Crippen MR) is 114 cm³/mol. The van der Waals surface area contributed by atoms with E-state index in [2.05, 4.69) is 22.4 Å². The van der Waals surface area contributed by atoms with Crippen molar-refractivity contribution in [2.24, 2.45) is 4.99 Å². The molecule has 2 aromatic carbocycles. The molecule has 0 spiro atoms. The SMILES string of the molecule is CCCNC(=O)c1ccc2c(c1)N=C(c1ncccc1C)c1ccccc1S2. The summed E-state index contributed by atoms with van der Waals surface area (Å²) in [5, 5.41) is 2.93. The standard InChI is InChI=1S/C23H21N3OS/c1-3-12-25-23(27)16-10-11-20-18(14-16)26-22(21-15(2)7-6-13-24-21)17-8-4-5-9-19(17)28-20/h4-11,13-14H,3,12H2,1-2H3,(H,25,27). The second-order valence-electron chi connectivity index (χ2n) is 6.67. The Morgan fingerprint density at radius 1 is 1.07 bits per heavy atom. The number of carbonyl (C=O) groups is 1. The van der Waals surface area contributed by atoms with Gasteiger partial charge in [-0.1, -0.05) is 43.0 Å². The first-order valence-corrected chi connectivity index (χ1v) is 10.2. The third-order valence-corrected chi connectivity index (χ3v) is 5.73. The van der Waals surface area contributed by atoms with E-state index in [0.29, 0.717) is 12.1 Å². The molecule has 0 aliphatic carbocycles. The second-order valence-corrected chi connectivity index (χ2v) is 7.75. The molecule has 28 heavy (non-hydrogen) atoms. The Bertz CT molecular complexity index is 1070. The molecule has 1 aliphatic rings. The van der Waals surface area contributed by atoms with Gasteiger partial charge < -0.3 is 5.32 Å². The van der Waals surface area contributed by atoms with Crippen molar-refractivity contribution in [3.63, 3.8) is 0 Å². The van der Waals surface area contributed by atoms with Crippen LogP contribution in [0.4, 0.5) is 5.69 Å². The number of aryl methyl sites for hydroxylation is 1. The number of pyridine rings is 1. The number of aromatic nitrogens is 1. The zero-order chi connectivity index (χ0) is 19.5. The maximum Gasteiger partial charge on any atom is 0.251 e. The summed E-state index contributed by atoms with van der Waals surface area (Å²) < 4.78 is 0. The van der Waals surface area contributed by atoms with E-state index in [1.807, 2.05) is 56.3 Å². The molecular weight excluding hydrogens is 366 g/mol. The minimum atomic E-state index is -0.0674. The molecule has 3 aromatic rings. The predicted octanol–water partition coefficient (Wildman–Crippen LogP) is 5.16. The first kappa shape index (κ1) is 18.4. The van der Waals surface area contributed by atoms with Crippen molar-refractivity contribution in [3.05, 3.63) is 83.2 Å². The van der Waals surface area contributed by atoms with Gasteiger partial charge in [-0.05, 0) is 49.2 Å². The summed E-state index contributed by atoms with van der Waals surface area (Å²) in [6, 6.07) is 17.9. The van der Waals surface area contributed by atoms with E-state index in [0.717, 1.165) is 44.4 Å². The number of benzene rings is 2.